The molecule has 0 bridgehead atoms. The minimum atomic E-state index is -3.63. The SMILES string of the molecule is O=S(=O)(NCCn1ccnn1)c1cnc(Cl)nc1. The molecule has 0 fully saturated rings. The first-order valence-corrected chi connectivity index (χ1v) is 6.75. The second-order valence-corrected chi connectivity index (χ2v) is 5.36. The number of rotatable bonds is 5. The van der Waals surface area contributed by atoms with E-state index in [0.717, 1.165) is 12.4 Å². The monoisotopic (exact) mass is 288 g/mol. The third kappa shape index (κ3) is 3.22. The highest BCUT2D eigenvalue weighted by molar-refractivity contribution is 7.89. The van der Waals surface area contributed by atoms with Crippen LogP contribution in [0, 0.1) is 0 Å². The molecule has 0 unspecified atom stereocenters. The lowest BCUT2D eigenvalue weighted by molar-refractivity contribution is 0.552. The third-order valence-corrected chi connectivity index (χ3v) is 3.62. The summed E-state index contributed by atoms with van der Waals surface area (Å²) in [6, 6.07) is 0. The van der Waals surface area contributed by atoms with Crippen LogP contribution < -0.4 is 4.72 Å². The summed E-state index contributed by atoms with van der Waals surface area (Å²) in [4.78, 5) is 7.19. The van der Waals surface area contributed by atoms with Gasteiger partial charge in [0.2, 0.25) is 15.3 Å². The van der Waals surface area contributed by atoms with Crippen LogP contribution >= 0.6 is 11.6 Å². The van der Waals surface area contributed by atoms with Crippen molar-refractivity contribution >= 4 is 21.6 Å². The number of nitrogens with zero attached hydrogens (tertiary/aromatic N) is 5. The van der Waals surface area contributed by atoms with Crippen LogP contribution in [0.25, 0.3) is 0 Å². The molecule has 96 valence electrons. The van der Waals surface area contributed by atoms with Crippen molar-refractivity contribution in [3.63, 3.8) is 0 Å². The summed E-state index contributed by atoms with van der Waals surface area (Å²) in [6.07, 6.45) is 5.45. The molecule has 2 heterocycles. The van der Waals surface area contributed by atoms with Crippen LogP contribution in [0.2, 0.25) is 5.28 Å². The fraction of sp³-hybridized carbons (Fsp3) is 0.250. The molecule has 0 spiro atoms. The minimum absolute atomic E-state index is 0.00318. The van der Waals surface area contributed by atoms with Gasteiger partial charge in [-0.15, -0.1) is 5.10 Å². The van der Waals surface area contributed by atoms with Gasteiger partial charge in [0.15, 0.2) is 0 Å². The molecule has 10 heteroatoms. The quantitative estimate of drug-likeness (QED) is 0.758. The summed E-state index contributed by atoms with van der Waals surface area (Å²) in [5.74, 6) is 0. The molecule has 18 heavy (non-hydrogen) atoms. The Labute approximate surface area is 108 Å². The van der Waals surface area contributed by atoms with E-state index in [1.807, 2.05) is 0 Å². The van der Waals surface area contributed by atoms with Crippen molar-refractivity contribution < 1.29 is 8.42 Å². The molecule has 0 saturated carbocycles. The van der Waals surface area contributed by atoms with Gasteiger partial charge in [-0.25, -0.2) is 23.1 Å². The number of aromatic nitrogens is 5. The van der Waals surface area contributed by atoms with Gasteiger partial charge in [0.05, 0.1) is 25.1 Å². The minimum Gasteiger partial charge on any atom is -0.251 e. The predicted octanol–water partition coefficient (Wildman–Crippen LogP) is -0.300. The zero-order valence-electron chi connectivity index (χ0n) is 9.06. The molecule has 0 amide bonds. The maximum absolute atomic E-state index is 11.8. The molecule has 0 radical (unpaired) electrons. The summed E-state index contributed by atoms with van der Waals surface area (Å²) >= 11 is 5.48. The zero-order valence-corrected chi connectivity index (χ0v) is 10.6. The van der Waals surface area contributed by atoms with E-state index in [2.05, 4.69) is 25.0 Å². The molecule has 0 atom stereocenters. The Bertz CT molecular complexity index is 597. The van der Waals surface area contributed by atoms with E-state index < -0.39 is 10.0 Å². The van der Waals surface area contributed by atoms with E-state index in [-0.39, 0.29) is 16.7 Å². The highest BCUT2D eigenvalue weighted by atomic mass is 35.5. The van der Waals surface area contributed by atoms with Crippen LogP contribution in [0.1, 0.15) is 0 Å². The van der Waals surface area contributed by atoms with Crippen LogP contribution in [0.15, 0.2) is 29.7 Å². The first-order chi connectivity index (χ1) is 8.58. The van der Waals surface area contributed by atoms with Crippen LogP contribution in [0.5, 0.6) is 0 Å². The van der Waals surface area contributed by atoms with Gasteiger partial charge < -0.3 is 0 Å². The average molecular weight is 289 g/mol. The molecule has 8 nitrogen and oxygen atoms in total. The molecule has 0 aliphatic rings. The van der Waals surface area contributed by atoms with Gasteiger partial charge in [0.1, 0.15) is 4.90 Å². The van der Waals surface area contributed by atoms with Gasteiger partial charge >= 0.3 is 0 Å². The van der Waals surface area contributed by atoms with Gasteiger partial charge in [-0.05, 0) is 11.6 Å². The summed E-state index contributed by atoms with van der Waals surface area (Å²) in [7, 11) is -3.63. The van der Waals surface area contributed by atoms with Crippen molar-refractivity contribution in [2.75, 3.05) is 6.54 Å². The number of halogens is 1. The molecule has 2 aromatic rings. The van der Waals surface area contributed by atoms with E-state index in [1.54, 1.807) is 6.20 Å². The van der Waals surface area contributed by atoms with Crippen molar-refractivity contribution in [3.8, 4) is 0 Å². The normalized spacial score (nSPS) is 11.6. The van der Waals surface area contributed by atoms with Crippen LogP contribution in [0.3, 0.4) is 0 Å². The van der Waals surface area contributed by atoms with Crippen molar-refractivity contribution in [2.45, 2.75) is 11.4 Å². The van der Waals surface area contributed by atoms with Gasteiger partial charge in [0, 0.05) is 12.7 Å². The highest BCUT2D eigenvalue weighted by Crippen LogP contribution is 2.06. The topological polar surface area (TPSA) is 103 Å². The lowest BCUT2D eigenvalue weighted by Crippen LogP contribution is -2.27. The maximum Gasteiger partial charge on any atom is 0.243 e. The summed E-state index contributed by atoms with van der Waals surface area (Å²) < 4.78 is 27.5. The Morgan fingerprint density at radius 1 is 1.33 bits per heavy atom. The Hall–Kier alpha value is -1.58. The van der Waals surface area contributed by atoms with Crippen molar-refractivity contribution in [2.24, 2.45) is 0 Å². The fourth-order valence-corrected chi connectivity index (χ4v) is 2.18. The Morgan fingerprint density at radius 3 is 2.67 bits per heavy atom. The zero-order chi connectivity index (χ0) is 13.0. The van der Waals surface area contributed by atoms with Gasteiger partial charge in [-0.2, -0.15) is 0 Å². The first kappa shape index (κ1) is 12.9. The molecule has 0 aliphatic carbocycles. The van der Waals surface area contributed by atoms with Crippen molar-refractivity contribution in [3.05, 3.63) is 30.1 Å². The Morgan fingerprint density at radius 2 is 2.06 bits per heavy atom. The number of sulfonamides is 1. The van der Waals surface area contributed by atoms with Crippen molar-refractivity contribution in [1.29, 1.82) is 0 Å². The number of nitrogens with one attached hydrogen (secondary N) is 1. The molecule has 0 aromatic carbocycles. The predicted molar refractivity (Wildman–Crippen MR) is 62.3 cm³/mol. The number of hydrogen-bond donors (Lipinski definition) is 1. The van der Waals surface area contributed by atoms with E-state index in [9.17, 15) is 8.42 Å². The standard InChI is InChI=1S/C8H9ClN6O2S/c9-8-10-5-7(6-11-8)18(16,17)13-2-4-15-3-1-12-14-15/h1,3,5-6,13H,2,4H2. The molecule has 1 N–H and O–H groups in total. The average Bonchev–Trinajstić information content (AvgIpc) is 2.82. The van der Waals surface area contributed by atoms with Crippen LogP contribution in [-0.4, -0.2) is 39.9 Å². The van der Waals surface area contributed by atoms with E-state index in [4.69, 9.17) is 11.6 Å². The van der Waals surface area contributed by atoms with Crippen LogP contribution in [-0.2, 0) is 16.6 Å². The van der Waals surface area contributed by atoms with Crippen molar-refractivity contribution in [1.82, 2.24) is 29.7 Å². The number of hydrogen-bond acceptors (Lipinski definition) is 6. The maximum atomic E-state index is 11.8. The molecule has 2 aromatic heterocycles. The second kappa shape index (κ2) is 5.38. The fourth-order valence-electron chi connectivity index (χ4n) is 1.17. The lowest BCUT2D eigenvalue weighted by Gasteiger charge is -2.05. The molecular weight excluding hydrogens is 280 g/mol. The highest BCUT2D eigenvalue weighted by Gasteiger charge is 2.14. The Balaban J connectivity index is 1.97. The largest absolute Gasteiger partial charge is 0.251 e. The lowest BCUT2D eigenvalue weighted by atomic mass is 10.6. The molecule has 0 saturated heterocycles. The van der Waals surface area contributed by atoms with Gasteiger partial charge in [-0.3, -0.25) is 4.68 Å². The summed E-state index contributed by atoms with van der Waals surface area (Å²) in [6.45, 7) is 0.571. The Kier molecular flexibility index (Phi) is 3.84. The van der Waals surface area contributed by atoms with E-state index in [0.29, 0.717) is 6.54 Å². The van der Waals surface area contributed by atoms with Gasteiger partial charge in [0.25, 0.3) is 0 Å². The molecule has 2 rings (SSSR count). The van der Waals surface area contributed by atoms with Crippen LogP contribution in [0.4, 0.5) is 0 Å². The third-order valence-electron chi connectivity index (χ3n) is 2.01. The molecular formula is C8H9ClN6O2S. The summed E-state index contributed by atoms with van der Waals surface area (Å²) in [5.41, 5.74) is 0. The smallest absolute Gasteiger partial charge is 0.243 e. The summed E-state index contributed by atoms with van der Waals surface area (Å²) in [5, 5.41) is 7.31. The van der Waals surface area contributed by atoms with E-state index >= 15 is 0 Å². The van der Waals surface area contributed by atoms with Gasteiger partial charge in [-0.1, -0.05) is 5.21 Å². The first-order valence-electron chi connectivity index (χ1n) is 4.89. The second-order valence-electron chi connectivity index (χ2n) is 3.25. The molecule has 0 aliphatic heterocycles. The van der Waals surface area contributed by atoms with E-state index in [1.165, 1.54) is 10.9 Å².